The smallest absolute Gasteiger partial charge is 0.288 e. The van der Waals surface area contributed by atoms with E-state index in [9.17, 15) is 18.1 Å². The Morgan fingerprint density at radius 3 is 1.95 bits per heavy atom. The van der Waals surface area contributed by atoms with Crippen LogP contribution < -0.4 is 14.4 Å². The van der Waals surface area contributed by atoms with Gasteiger partial charge in [0, 0.05) is 30.4 Å². The zero-order valence-electron chi connectivity index (χ0n) is 12.5. The van der Waals surface area contributed by atoms with Crippen molar-refractivity contribution in [1.29, 1.82) is 0 Å². The lowest BCUT2D eigenvalue weighted by Crippen LogP contribution is -2.48. The molecule has 0 spiro atoms. The van der Waals surface area contributed by atoms with Gasteiger partial charge in [-0.3, -0.25) is 4.55 Å². The predicted molar refractivity (Wildman–Crippen MR) is 79.6 cm³/mol. The van der Waals surface area contributed by atoms with E-state index in [2.05, 4.69) is 0 Å². The van der Waals surface area contributed by atoms with Gasteiger partial charge < -0.3 is 19.5 Å². The summed E-state index contributed by atoms with van der Waals surface area (Å²) < 4.78 is 42.7. The summed E-state index contributed by atoms with van der Waals surface area (Å²) in [6.45, 7) is 3.27. The molecule has 2 unspecified atom stereocenters. The molecule has 0 saturated carbocycles. The molecule has 0 bridgehead atoms. The van der Waals surface area contributed by atoms with E-state index in [0.29, 0.717) is 17.2 Å². The molecule has 1 aromatic rings. The number of benzene rings is 1. The Kier molecular flexibility index (Phi) is 5.82. The molecule has 0 fully saturated rings. The highest BCUT2D eigenvalue weighted by Crippen LogP contribution is 2.30. The van der Waals surface area contributed by atoms with Crippen LogP contribution in [0.3, 0.4) is 0 Å². The lowest BCUT2D eigenvalue weighted by Gasteiger charge is -2.32. The molecule has 0 aromatic heterocycles. The second kappa shape index (κ2) is 6.97. The monoisotopic (exact) mass is 319 g/mol. The fourth-order valence-electron chi connectivity index (χ4n) is 2.14. The van der Waals surface area contributed by atoms with Gasteiger partial charge in [0.15, 0.2) is 5.37 Å². The average molecular weight is 319 g/mol. The molecule has 8 heteroatoms. The molecule has 2 atom stereocenters. The predicted octanol–water partition coefficient (Wildman–Crippen LogP) is 1.12. The first-order valence-corrected chi connectivity index (χ1v) is 7.89. The number of methoxy groups -OCH3 is 2. The number of likely N-dealkylation sites (N-methyl/N-ethyl adjacent to an activating group) is 1. The fraction of sp³-hybridized carbons (Fsp3) is 0.538. The van der Waals surface area contributed by atoms with Crippen LogP contribution in [0.25, 0.3) is 0 Å². The van der Waals surface area contributed by atoms with Crippen molar-refractivity contribution in [2.24, 2.45) is 0 Å². The van der Waals surface area contributed by atoms with Crippen LogP contribution in [0.15, 0.2) is 18.2 Å². The molecule has 0 aliphatic heterocycles. The van der Waals surface area contributed by atoms with Gasteiger partial charge in [-0.05, 0) is 13.8 Å². The van der Waals surface area contributed by atoms with Crippen molar-refractivity contribution < 1.29 is 27.6 Å². The first kappa shape index (κ1) is 17.5. The molecule has 0 radical (unpaired) electrons. The summed E-state index contributed by atoms with van der Waals surface area (Å²) >= 11 is 0. The lowest BCUT2D eigenvalue weighted by molar-refractivity contribution is 0.181. The summed E-state index contributed by atoms with van der Waals surface area (Å²) in [6.07, 6.45) is -1.28. The number of aliphatic hydroxyl groups is 1. The molecule has 7 nitrogen and oxygen atoms in total. The normalized spacial score (nSPS) is 14.4. The van der Waals surface area contributed by atoms with Gasteiger partial charge in [-0.2, -0.15) is 8.42 Å². The standard InChI is InChI=1S/C13H21NO6S/c1-5-14(13(9(2)15)21(16,17)18)10-6-11(19-3)8-12(7-10)20-4/h6-9,13,15H,5H2,1-4H3,(H,16,17,18). The van der Waals surface area contributed by atoms with Crippen molar-refractivity contribution in [2.45, 2.75) is 25.3 Å². The third-order valence-electron chi connectivity index (χ3n) is 3.03. The van der Waals surface area contributed by atoms with E-state index in [-0.39, 0.29) is 6.54 Å². The van der Waals surface area contributed by atoms with Crippen LogP contribution in [0.4, 0.5) is 5.69 Å². The molecule has 21 heavy (non-hydrogen) atoms. The Morgan fingerprint density at radius 1 is 1.19 bits per heavy atom. The molecule has 0 heterocycles. The summed E-state index contributed by atoms with van der Waals surface area (Å²) in [5, 5.41) is 8.25. The molecule has 0 aliphatic rings. The summed E-state index contributed by atoms with van der Waals surface area (Å²) in [5.74, 6) is 0.949. The summed E-state index contributed by atoms with van der Waals surface area (Å²) in [7, 11) is -1.52. The van der Waals surface area contributed by atoms with Crippen LogP contribution in [0.2, 0.25) is 0 Å². The van der Waals surface area contributed by atoms with Gasteiger partial charge >= 0.3 is 0 Å². The van der Waals surface area contributed by atoms with E-state index in [4.69, 9.17) is 9.47 Å². The minimum atomic E-state index is -4.47. The molecule has 0 aliphatic carbocycles. The zero-order valence-corrected chi connectivity index (χ0v) is 13.3. The largest absolute Gasteiger partial charge is 0.497 e. The van der Waals surface area contributed by atoms with Crippen molar-refractivity contribution >= 4 is 15.8 Å². The quantitative estimate of drug-likeness (QED) is 0.727. The summed E-state index contributed by atoms with van der Waals surface area (Å²) in [4.78, 5) is 1.37. The Labute approximate surface area is 124 Å². The summed E-state index contributed by atoms with van der Waals surface area (Å²) in [5.41, 5.74) is 0.456. The van der Waals surface area contributed by atoms with Crippen molar-refractivity contribution in [2.75, 3.05) is 25.7 Å². The molecule has 2 N–H and O–H groups in total. The Hall–Kier alpha value is -1.51. The van der Waals surface area contributed by atoms with Crippen LogP contribution in [-0.4, -0.2) is 50.3 Å². The maximum absolute atomic E-state index is 11.5. The first-order chi connectivity index (χ1) is 9.74. The number of aliphatic hydroxyl groups excluding tert-OH is 1. The van der Waals surface area contributed by atoms with Gasteiger partial charge in [-0.25, -0.2) is 0 Å². The number of rotatable bonds is 7. The summed E-state index contributed by atoms with van der Waals surface area (Å²) in [6, 6.07) is 4.85. The Balaban J connectivity index is 3.37. The minimum absolute atomic E-state index is 0.256. The van der Waals surface area contributed by atoms with Gasteiger partial charge in [-0.15, -0.1) is 0 Å². The van der Waals surface area contributed by atoms with Crippen LogP contribution >= 0.6 is 0 Å². The zero-order chi connectivity index (χ0) is 16.2. The van der Waals surface area contributed by atoms with E-state index < -0.39 is 21.6 Å². The topological polar surface area (TPSA) is 96.3 Å². The number of anilines is 1. The lowest BCUT2D eigenvalue weighted by atomic mass is 10.2. The second-order valence-corrected chi connectivity index (χ2v) is 6.02. The van der Waals surface area contributed by atoms with Crippen molar-refractivity contribution in [3.05, 3.63) is 18.2 Å². The van der Waals surface area contributed by atoms with Gasteiger partial charge in [0.25, 0.3) is 10.1 Å². The highest BCUT2D eigenvalue weighted by atomic mass is 32.2. The highest BCUT2D eigenvalue weighted by molar-refractivity contribution is 7.86. The third-order valence-corrected chi connectivity index (χ3v) is 4.29. The van der Waals surface area contributed by atoms with Gasteiger partial charge in [0.1, 0.15) is 11.5 Å². The minimum Gasteiger partial charge on any atom is -0.497 e. The van der Waals surface area contributed by atoms with E-state index >= 15 is 0 Å². The molecular formula is C13H21NO6S. The van der Waals surface area contributed by atoms with Gasteiger partial charge in [0.2, 0.25) is 0 Å². The molecule has 1 rings (SSSR count). The van der Waals surface area contributed by atoms with Crippen molar-refractivity contribution in [3.8, 4) is 11.5 Å². The van der Waals surface area contributed by atoms with Crippen LogP contribution in [-0.2, 0) is 10.1 Å². The molecule has 120 valence electrons. The number of hydrogen-bond donors (Lipinski definition) is 2. The second-order valence-electron chi connectivity index (χ2n) is 4.50. The molecule has 0 amide bonds. The van der Waals surface area contributed by atoms with Gasteiger partial charge in [-0.1, -0.05) is 0 Å². The van der Waals surface area contributed by atoms with Crippen molar-refractivity contribution in [3.63, 3.8) is 0 Å². The number of nitrogens with zero attached hydrogens (tertiary/aromatic N) is 1. The van der Waals surface area contributed by atoms with E-state index in [0.717, 1.165) is 0 Å². The SMILES string of the molecule is CCN(c1cc(OC)cc(OC)c1)C(C(C)O)S(=O)(=O)O. The highest BCUT2D eigenvalue weighted by Gasteiger charge is 2.34. The Bertz CT molecular complexity index is 550. The molecular weight excluding hydrogens is 298 g/mol. The average Bonchev–Trinajstić information content (AvgIpc) is 2.41. The van der Waals surface area contributed by atoms with E-state index in [1.165, 1.54) is 26.0 Å². The van der Waals surface area contributed by atoms with E-state index in [1.54, 1.807) is 25.1 Å². The Morgan fingerprint density at radius 2 is 1.67 bits per heavy atom. The number of hydrogen-bond acceptors (Lipinski definition) is 6. The van der Waals surface area contributed by atoms with Crippen LogP contribution in [0.5, 0.6) is 11.5 Å². The number of ether oxygens (including phenoxy) is 2. The first-order valence-electron chi connectivity index (χ1n) is 6.38. The maximum atomic E-state index is 11.5. The van der Waals surface area contributed by atoms with E-state index in [1.807, 2.05) is 0 Å². The fourth-order valence-corrected chi connectivity index (χ4v) is 3.23. The maximum Gasteiger partial charge on any atom is 0.288 e. The van der Waals surface area contributed by atoms with Crippen LogP contribution in [0, 0.1) is 0 Å². The van der Waals surface area contributed by atoms with Crippen LogP contribution in [0.1, 0.15) is 13.8 Å². The van der Waals surface area contributed by atoms with Gasteiger partial charge in [0.05, 0.1) is 20.3 Å². The molecule has 0 saturated heterocycles. The van der Waals surface area contributed by atoms with Crippen molar-refractivity contribution in [1.82, 2.24) is 0 Å². The molecule has 1 aromatic carbocycles. The third kappa shape index (κ3) is 4.23.